The summed E-state index contributed by atoms with van der Waals surface area (Å²) in [6.07, 6.45) is 0. The van der Waals surface area contributed by atoms with Crippen molar-refractivity contribution in [2.75, 3.05) is 20.5 Å². The molecule has 0 saturated carbocycles. The normalized spacial score (nSPS) is 11.5. The Kier molecular flexibility index (Phi) is 6.43. The molecule has 0 aromatic heterocycles. The lowest BCUT2D eigenvalue weighted by atomic mass is 10.1. The van der Waals surface area contributed by atoms with Crippen LogP contribution < -0.4 is 4.74 Å². The zero-order valence-electron chi connectivity index (χ0n) is 14.5. The molecule has 0 fully saturated rings. The molecule has 130 valence electrons. The number of ether oxygens (including phenoxy) is 3. The highest BCUT2D eigenvalue weighted by Crippen LogP contribution is 2.32. The topological polar surface area (TPSA) is 44.8 Å². The highest BCUT2D eigenvalue weighted by atomic mass is 79.9. The minimum atomic E-state index is -1.11. The number of carbonyl (C=O) groups is 1. The van der Waals surface area contributed by atoms with Crippen LogP contribution >= 0.6 is 15.9 Å². The number of esters is 1. The van der Waals surface area contributed by atoms with Crippen LogP contribution in [0.15, 0.2) is 34.8 Å². The molecule has 6 heteroatoms. The van der Waals surface area contributed by atoms with E-state index in [-0.39, 0.29) is 6.79 Å². The van der Waals surface area contributed by atoms with Gasteiger partial charge in [0.25, 0.3) is 0 Å². The Morgan fingerprint density at radius 2 is 1.92 bits per heavy atom. The predicted octanol–water partition coefficient (Wildman–Crippen LogP) is 5.08. The van der Waals surface area contributed by atoms with Crippen molar-refractivity contribution in [3.8, 4) is 5.75 Å². The van der Waals surface area contributed by atoms with Crippen LogP contribution in [0.3, 0.4) is 0 Å². The maximum Gasteiger partial charge on any atom is 0.338 e. The van der Waals surface area contributed by atoms with Crippen molar-refractivity contribution < 1.29 is 19.0 Å². The van der Waals surface area contributed by atoms with E-state index in [9.17, 15) is 4.79 Å². The van der Waals surface area contributed by atoms with Crippen LogP contribution in [-0.4, -0.2) is 34.6 Å². The third kappa shape index (κ3) is 5.06. The molecule has 0 saturated heterocycles. The van der Waals surface area contributed by atoms with Gasteiger partial charge in [-0.1, -0.05) is 47.7 Å². The molecule has 0 aliphatic heterocycles. The molecule has 0 atom stereocenters. The minimum Gasteiger partial charge on any atom is -0.467 e. The molecule has 0 heterocycles. The summed E-state index contributed by atoms with van der Waals surface area (Å²) < 4.78 is 17.1. The van der Waals surface area contributed by atoms with Gasteiger partial charge in [-0.3, -0.25) is 0 Å². The van der Waals surface area contributed by atoms with Gasteiger partial charge in [0.2, 0.25) is 0 Å². The van der Waals surface area contributed by atoms with Crippen LogP contribution in [0.25, 0.3) is 10.8 Å². The molecule has 0 N–H and O–H groups in total. The van der Waals surface area contributed by atoms with Gasteiger partial charge in [-0.15, -0.1) is 0 Å². The van der Waals surface area contributed by atoms with Gasteiger partial charge in [0, 0.05) is 29.9 Å². The summed E-state index contributed by atoms with van der Waals surface area (Å²) in [5.41, 5.74) is 0.453. The van der Waals surface area contributed by atoms with Gasteiger partial charge in [0.15, 0.2) is 6.79 Å². The summed E-state index contributed by atoms with van der Waals surface area (Å²) in [6, 6.07) is 10.4. The SMILES string of the molecule is COC(=O)c1cc(OCOCC[Si](C)(C)C)c2cccc(Br)c2c1. The van der Waals surface area contributed by atoms with Crippen molar-refractivity contribution in [1.82, 2.24) is 0 Å². The zero-order valence-corrected chi connectivity index (χ0v) is 17.1. The highest BCUT2D eigenvalue weighted by molar-refractivity contribution is 9.10. The monoisotopic (exact) mass is 410 g/mol. The Labute approximate surface area is 152 Å². The number of halogens is 1. The molecule has 2 rings (SSSR count). The first-order valence-corrected chi connectivity index (χ1v) is 12.3. The standard InChI is InChI=1S/C18H23BrO4Si/c1-21-18(20)13-10-15-14(6-5-7-16(15)19)17(11-13)23-12-22-8-9-24(2,3)4/h5-7,10-11H,8-9,12H2,1-4H3. The molecule has 2 aromatic rings. The van der Waals surface area contributed by atoms with Gasteiger partial charge in [-0.25, -0.2) is 4.79 Å². The molecule has 0 unspecified atom stereocenters. The lowest BCUT2D eigenvalue weighted by Crippen LogP contribution is -2.22. The minimum absolute atomic E-state index is 0.163. The molecule has 2 aromatic carbocycles. The maximum atomic E-state index is 11.9. The number of benzene rings is 2. The Morgan fingerprint density at radius 3 is 2.58 bits per heavy atom. The van der Waals surface area contributed by atoms with Crippen molar-refractivity contribution >= 4 is 40.7 Å². The number of hydrogen-bond acceptors (Lipinski definition) is 4. The Hall–Kier alpha value is -1.37. The quantitative estimate of drug-likeness (QED) is 0.276. The lowest BCUT2D eigenvalue weighted by Gasteiger charge is -2.16. The van der Waals surface area contributed by atoms with Crippen molar-refractivity contribution in [1.29, 1.82) is 0 Å². The second kappa shape index (κ2) is 8.14. The van der Waals surface area contributed by atoms with E-state index in [1.165, 1.54) is 7.11 Å². The fraction of sp³-hybridized carbons (Fsp3) is 0.389. The number of hydrogen-bond donors (Lipinski definition) is 0. The van der Waals surface area contributed by atoms with E-state index in [1.54, 1.807) is 12.1 Å². The molecular formula is C18H23BrO4Si. The van der Waals surface area contributed by atoms with Crippen molar-refractivity contribution in [2.24, 2.45) is 0 Å². The van der Waals surface area contributed by atoms with Crippen molar-refractivity contribution in [2.45, 2.75) is 25.7 Å². The van der Waals surface area contributed by atoms with Crippen LogP contribution in [-0.2, 0) is 9.47 Å². The third-order valence-electron chi connectivity index (χ3n) is 3.62. The zero-order chi connectivity index (χ0) is 17.7. The fourth-order valence-corrected chi connectivity index (χ4v) is 3.45. The Morgan fingerprint density at radius 1 is 1.17 bits per heavy atom. The molecule has 0 bridgehead atoms. The van der Waals surface area contributed by atoms with Crippen LogP contribution in [0.2, 0.25) is 25.7 Å². The largest absolute Gasteiger partial charge is 0.467 e. The van der Waals surface area contributed by atoms with E-state index in [1.807, 2.05) is 18.2 Å². The van der Waals surface area contributed by atoms with Crippen LogP contribution in [0, 0.1) is 0 Å². The summed E-state index contributed by atoms with van der Waals surface area (Å²) in [6.45, 7) is 7.77. The maximum absolute atomic E-state index is 11.9. The average molecular weight is 411 g/mol. The first-order chi connectivity index (χ1) is 11.3. The van der Waals surface area contributed by atoms with Crippen molar-refractivity contribution in [3.05, 3.63) is 40.4 Å². The van der Waals surface area contributed by atoms with Gasteiger partial charge < -0.3 is 14.2 Å². The molecule has 0 amide bonds. The van der Waals surface area contributed by atoms with E-state index in [0.29, 0.717) is 17.9 Å². The second-order valence-corrected chi connectivity index (χ2v) is 13.3. The van der Waals surface area contributed by atoms with Gasteiger partial charge >= 0.3 is 5.97 Å². The molecule has 0 aliphatic rings. The van der Waals surface area contributed by atoms with E-state index in [0.717, 1.165) is 21.3 Å². The van der Waals surface area contributed by atoms with Gasteiger partial charge in [0.1, 0.15) is 5.75 Å². The van der Waals surface area contributed by atoms with Gasteiger partial charge in [0.05, 0.1) is 12.7 Å². The third-order valence-corrected chi connectivity index (χ3v) is 6.02. The van der Waals surface area contributed by atoms with E-state index >= 15 is 0 Å². The molecule has 4 nitrogen and oxygen atoms in total. The summed E-state index contributed by atoms with van der Waals surface area (Å²) in [7, 11) is 0.253. The first kappa shape index (κ1) is 19.0. The van der Waals surface area contributed by atoms with Crippen molar-refractivity contribution in [3.63, 3.8) is 0 Å². The summed E-state index contributed by atoms with van der Waals surface area (Å²) >= 11 is 3.52. The lowest BCUT2D eigenvalue weighted by molar-refractivity contribution is 0.0228. The highest BCUT2D eigenvalue weighted by Gasteiger charge is 2.14. The molecule has 24 heavy (non-hydrogen) atoms. The van der Waals surface area contributed by atoms with Crippen LogP contribution in [0.5, 0.6) is 5.75 Å². The fourth-order valence-electron chi connectivity index (χ4n) is 2.21. The first-order valence-electron chi connectivity index (χ1n) is 7.83. The van der Waals surface area contributed by atoms with E-state index in [4.69, 9.17) is 14.2 Å². The smallest absolute Gasteiger partial charge is 0.338 e. The van der Waals surface area contributed by atoms with Crippen LogP contribution in [0.1, 0.15) is 10.4 Å². The molecule has 0 spiro atoms. The molecule has 0 aliphatic carbocycles. The van der Waals surface area contributed by atoms with Gasteiger partial charge in [-0.05, 0) is 24.2 Å². The van der Waals surface area contributed by atoms with E-state index < -0.39 is 14.0 Å². The summed E-state index contributed by atoms with van der Waals surface area (Å²) in [5.74, 6) is 0.222. The Bertz CT molecular complexity index is 725. The number of methoxy groups -OCH3 is 1. The van der Waals surface area contributed by atoms with Gasteiger partial charge in [-0.2, -0.15) is 0 Å². The second-order valence-electron chi connectivity index (χ2n) is 6.78. The summed E-state index contributed by atoms with van der Waals surface area (Å²) in [4.78, 5) is 11.9. The predicted molar refractivity (Wildman–Crippen MR) is 103 cm³/mol. The molecular weight excluding hydrogens is 388 g/mol. The number of carbonyl (C=O) groups excluding carboxylic acids is 1. The average Bonchev–Trinajstić information content (AvgIpc) is 2.53. The van der Waals surface area contributed by atoms with Crippen LogP contribution in [0.4, 0.5) is 0 Å². The molecule has 0 radical (unpaired) electrons. The number of fused-ring (bicyclic) bond motifs is 1. The number of rotatable bonds is 7. The Balaban J connectivity index is 2.18. The summed E-state index contributed by atoms with van der Waals surface area (Å²) in [5, 5.41) is 1.82. The van der Waals surface area contributed by atoms with E-state index in [2.05, 4.69) is 35.6 Å².